The van der Waals surface area contributed by atoms with Crippen LogP contribution in [0.3, 0.4) is 0 Å². The molecule has 2 aliphatic heterocycles. The average molecular weight is 325 g/mol. The van der Waals surface area contributed by atoms with E-state index in [1.165, 1.54) is 0 Å². The number of rotatable bonds is 2. The molecule has 0 saturated carbocycles. The molecule has 2 unspecified atom stereocenters. The van der Waals surface area contributed by atoms with E-state index in [-0.39, 0.29) is 18.2 Å². The molecule has 0 aromatic carbocycles. The zero-order valence-corrected chi connectivity index (χ0v) is 13.7. The van der Waals surface area contributed by atoms with Crippen molar-refractivity contribution in [2.45, 2.75) is 38.3 Å². The van der Waals surface area contributed by atoms with Gasteiger partial charge in [0.05, 0.1) is 13.2 Å². The molecule has 0 aliphatic carbocycles. The number of morpholine rings is 1. The van der Waals surface area contributed by atoms with Crippen LogP contribution in [0.15, 0.2) is 5.38 Å². The van der Waals surface area contributed by atoms with Crippen LogP contribution < -0.4 is 5.32 Å². The van der Waals surface area contributed by atoms with Crippen molar-refractivity contribution in [3.63, 3.8) is 0 Å². The molecule has 122 valence electrons. The highest BCUT2D eigenvalue weighted by atomic mass is 32.1. The zero-order chi connectivity index (χ0) is 15.4. The SMILES string of the molecule is Cc1csc(C2CN(C(=O)NC3CCCOCC3)CCO2)n1. The maximum Gasteiger partial charge on any atom is 0.317 e. The van der Waals surface area contributed by atoms with Gasteiger partial charge in [-0.15, -0.1) is 11.3 Å². The molecule has 3 rings (SSSR count). The second-order valence-corrected chi connectivity index (χ2v) is 6.71. The minimum Gasteiger partial charge on any atom is -0.381 e. The number of thiazole rings is 1. The predicted molar refractivity (Wildman–Crippen MR) is 84.1 cm³/mol. The Morgan fingerprint density at radius 1 is 1.41 bits per heavy atom. The summed E-state index contributed by atoms with van der Waals surface area (Å²) in [6.07, 6.45) is 2.79. The smallest absolute Gasteiger partial charge is 0.317 e. The summed E-state index contributed by atoms with van der Waals surface area (Å²) in [5.41, 5.74) is 1.00. The van der Waals surface area contributed by atoms with Crippen LogP contribution in [0.4, 0.5) is 4.79 Å². The second-order valence-electron chi connectivity index (χ2n) is 5.82. The Morgan fingerprint density at radius 2 is 2.32 bits per heavy atom. The van der Waals surface area contributed by atoms with Crippen LogP contribution in [-0.2, 0) is 9.47 Å². The minimum atomic E-state index is -0.101. The van der Waals surface area contributed by atoms with Crippen molar-refractivity contribution >= 4 is 17.4 Å². The number of urea groups is 1. The molecule has 0 radical (unpaired) electrons. The van der Waals surface area contributed by atoms with E-state index in [0.29, 0.717) is 19.7 Å². The molecular weight excluding hydrogens is 302 g/mol. The van der Waals surface area contributed by atoms with E-state index in [1.807, 2.05) is 17.2 Å². The Labute approximate surface area is 134 Å². The third-order valence-electron chi connectivity index (χ3n) is 4.05. The lowest BCUT2D eigenvalue weighted by Gasteiger charge is -2.33. The number of carbonyl (C=O) groups excluding carboxylic acids is 1. The largest absolute Gasteiger partial charge is 0.381 e. The van der Waals surface area contributed by atoms with Crippen molar-refractivity contribution in [2.75, 3.05) is 32.9 Å². The molecule has 6 nitrogen and oxygen atoms in total. The molecule has 1 aromatic heterocycles. The van der Waals surface area contributed by atoms with Gasteiger partial charge < -0.3 is 19.7 Å². The summed E-state index contributed by atoms with van der Waals surface area (Å²) >= 11 is 1.60. The molecule has 2 aliphatic rings. The number of aromatic nitrogens is 1. The van der Waals surface area contributed by atoms with Crippen molar-refractivity contribution in [3.05, 3.63) is 16.1 Å². The van der Waals surface area contributed by atoms with Gasteiger partial charge in [0.25, 0.3) is 0 Å². The maximum absolute atomic E-state index is 12.5. The van der Waals surface area contributed by atoms with Gasteiger partial charge in [0.2, 0.25) is 0 Å². The van der Waals surface area contributed by atoms with E-state index in [2.05, 4.69) is 10.3 Å². The lowest BCUT2D eigenvalue weighted by Crippen LogP contribution is -2.50. The van der Waals surface area contributed by atoms with Gasteiger partial charge >= 0.3 is 6.03 Å². The summed E-state index contributed by atoms with van der Waals surface area (Å²) in [6.45, 7) is 5.27. The monoisotopic (exact) mass is 325 g/mol. The third-order valence-corrected chi connectivity index (χ3v) is 5.10. The molecule has 1 aromatic rings. The van der Waals surface area contributed by atoms with E-state index >= 15 is 0 Å². The van der Waals surface area contributed by atoms with Crippen LogP contribution >= 0.6 is 11.3 Å². The first-order chi connectivity index (χ1) is 10.7. The van der Waals surface area contributed by atoms with Crippen LogP contribution in [0.2, 0.25) is 0 Å². The first kappa shape index (κ1) is 15.7. The Morgan fingerprint density at radius 3 is 3.14 bits per heavy atom. The van der Waals surface area contributed by atoms with Gasteiger partial charge in [-0.1, -0.05) is 0 Å². The first-order valence-corrected chi connectivity index (χ1v) is 8.77. The number of hydrogen-bond acceptors (Lipinski definition) is 5. The topological polar surface area (TPSA) is 63.7 Å². The molecule has 22 heavy (non-hydrogen) atoms. The number of amides is 2. The van der Waals surface area contributed by atoms with Crippen molar-refractivity contribution < 1.29 is 14.3 Å². The minimum absolute atomic E-state index is 0.00785. The fraction of sp³-hybridized carbons (Fsp3) is 0.733. The van der Waals surface area contributed by atoms with Crippen LogP contribution in [-0.4, -0.2) is 54.9 Å². The predicted octanol–water partition coefficient (Wildman–Crippen LogP) is 2.10. The van der Waals surface area contributed by atoms with E-state index in [4.69, 9.17) is 9.47 Å². The van der Waals surface area contributed by atoms with Gasteiger partial charge in [-0.3, -0.25) is 0 Å². The molecular formula is C15H23N3O3S. The van der Waals surface area contributed by atoms with Crippen LogP contribution in [0.25, 0.3) is 0 Å². The second kappa shape index (κ2) is 7.39. The molecule has 2 fully saturated rings. The summed E-state index contributed by atoms with van der Waals surface area (Å²) in [5, 5.41) is 6.11. The summed E-state index contributed by atoms with van der Waals surface area (Å²) in [7, 11) is 0. The number of carbonyl (C=O) groups is 1. The van der Waals surface area contributed by atoms with Gasteiger partial charge in [-0.2, -0.15) is 0 Å². The van der Waals surface area contributed by atoms with Crippen molar-refractivity contribution in [2.24, 2.45) is 0 Å². The summed E-state index contributed by atoms with van der Waals surface area (Å²) in [5.74, 6) is 0. The van der Waals surface area contributed by atoms with Gasteiger partial charge in [0, 0.05) is 36.9 Å². The highest BCUT2D eigenvalue weighted by Crippen LogP contribution is 2.25. The van der Waals surface area contributed by atoms with E-state index < -0.39 is 0 Å². The van der Waals surface area contributed by atoms with Gasteiger partial charge in [-0.25, -0.2) is 9.78 Å². The maximum atomic E-state index is 12.5. The summed E-state index contributed by atoms with van der Waals surface area (Å²) in [4.78, 5) is 18.8. The summed E-state index contributed by atoms with van der Waals surface area (Å²) < 4.78 is 11.2. The lowest BCUT2D eigenvalue weighted by atomic mass is 10.1. The molecule has 0 spiro atoms. The van der Waals surface area contributed by atoms with E-state index in [1.54, 1.807) is 11.3 Å². The molecule has 7 heteroatoms. The van der Waals surface area contributed by atoms with Crippen molar-refractivity contribution in [1.82, 2.24) is 15.2 Å². The van der Waals surface area contributed by atoms with Gasteiger partial charge in [0.1, 0.15) is 11.1 Å². The highest BCUT2D eigenvalue weighted by Gasteiger charge is 2.28. The molecule has 2 saturated heterocycles. The Hall–Kier alpha value is -1.18. The molecule has 1 N–H and O–H groups in total. The fourth-order valence-corrected chi connectivity index (χ4v) is 3.65. The Kier molecular flexibility index (Phi) is 5.28. The Bertz CT molecular complexity index is 500. The molecule has 0 bridgehead atoms. The molecule has 2 atom stereocenters. The van der Waals surface area contributed by atoms with E-state index in [0.717, 1.165) is 43.2 Å². The molecule has 3 heterocycles. The number of hydrogen-bond donors (Lipinski definition) is 1. The first-order valence-electron chi connectivity index (χ1n) is 7.89. The number of nitrogens with one attached hydrogen (secondary N) is 1. The normalized spacial score (nSPS) is 26.5. The lowest BCUT2D eigenvalue weighted by molar-refractivity contribution is -0.0160. The average Bonchev–Trinajstić information content (AvgIpc) is 2.80. The van der Waals surface area contributed by atoms with Gasteiger partial charge in [-0.05, 0) is 26.2 Å². The zero-order valence-electron chi connectivity index (χ0n) is 12.9. The summed E-state index contributed by atoms with van der Waals surface area (Å²) in [6, 6.07) is 0.229. The van der Waals surface area contributed by atoms with Gasteiger partial charge in [0.15, 0.2) is 0 Å². The van der Waals surface area contributed by atoms with Crippen LogP contribution in [0, 0.1) is 6.92 Å². The fourth-order valence-electron chi connectivity index (χ4n) is 2.82. The van der Waals surface area contributed by atoms with Crippen molar-refractivity contribution in [3.8, 4) is 0 Å². The number of nitrogens with zero attached hydrogens (tertiary/aromatic N) is 2. The van der Waals surface area contributed by atoms with Crippen LogP contribution in [0.5, 0.6) is 0 Å². The Balaban J connectivity index is 1.55. The highest BCUT2D eigenvalue weighted by molar-refractivity contribution is 7.09. The number of ether oxygens (including phenoxy) is 2. The molecule has 2 amide bonds. The third kappa shape index (κ3) is 3.97. The van der Waals surface area contributed by atoms with Crippen molar-refractivity contribution in [1.29, 1.82) is 0 Å². The number of aryl methyl sites for hydroxylation is 1. The standard InChI is InChI=1S/C15H23N3O3S/c1-11-10-22-14(16-11)13-9-18(5-8-21-13)15(19)17-12-3-2-6-20-7-4-12/h10,12-13H,2-9H2,1H3,(H,17,19). The van der Waals surface area contributed by atoms with E-state index in [9.17, 15) is 4.79 Å². The van der Waals surface area contributed by atoms with Crippen LogP contribution in [0.1, 0.15) is 36.1 Å². The quantitative estimate of drug-likeness (QED) is 0.904.